The Hall–Kier alpha value is -0.0551. The third-order valence-corrected chi connectivity index (χ3v) is 1.69. The smallest absolute Gasteiger partial charge is 0.0730 e. The molecule has 12 heavy (non-hydrogen) atoms. The summed E-state index contributed by atoms with van der Waals surface area (Å²) in [5.41, 5.74) is 0. The van der Waals surface area contributed by atoms with Gasteiger partial charge in [0, 0.05) is 25.7 Å². The first-order valence-corrected chi connectivity index (χ1v) is 4.29. The van der Waals surface area contributed by atoms with E-state index >= 15 is 0 Å². The second-order valence-electron chi connectivity index (χ2n) is 2.89. The first-order chi connectivity index (χ1) is 5.74. The van der Waals surface area contributed by atoms with Crippen molar-refractivity contribution < 1.29 is 14.9 Å². The molecule has 0 aliphatic heterocycles. The molecule has 2 N–H and O–H groups in total. The van der Waals surface area contributed by atoms with E-state index in [0.717, 1.165) is 0 Å². The SMILES string of the molecule is [B][C@@H](CO)C[C@@H](CO)COCC. The van der Waals surface area contributed by atoms with Crippen LogP contribution in [-0.4, -0.2) is 44.5 Å². The highest BCUT2D eigenvalue weighted by Crippen LogP contribution is 2.13. The second kappa shape index (κ2) is 7.59. The Balaban J connectivity index is 3.51. The number of ether oxygens (including phenoxy) is 1. The van der Waals surface area contributed by atoms with Gasteiger partial charge in [-0.3, -0.25) is 0 Å². The van der Waals surface area contributed by atoms with Crippen LogP contribution in [0.5, 0.6) is 0 Å². The fourth-order valence-corrected chi connectivity index (χ4v) is 0.982. The summed E-state index contributed by atoms with van der Waals surface area (Å²) in [5.74, 6) is -0.199. The van der Waals surface area contributed by atoms with Crippen molar-refractivity contribution in [2.75, 3.05) is 26.4 Å². The van der Waals surface area contributed by atoms with Crippen LogP contribution in [0.1, 0.15) is 13.3 Å². The van der Waals surface area contributed by atoms with E-state index in [1.165, 1.54) is 0 Å². The van der Waals surface area contributed by atoms with Crippen molar-refractivity contribution in [1.82, 2.24) is 0 Å². The lowest BCUT2D eigenvalue weighted by Crippen LogP contribution is -2.17. The molecule has 0 saturated heterocycles. The molecule has 0 saturated carbocycles. The summed E-state index contributed by atoms with van der Waals surface area (Å²) in [6.07, 6.45) is 0.604. The molecule has 0 fully saturated rings. The standard InChI is InChI=1S/C8H17BO3/c1-2-12-6-7(4-10)3-8(9)5-11/h7-8,10-11H,2-6H2,1H3/t7-,8+/m0/s1. The monoisotopic (exact) mass is 172 g/mol. The molecule has 4 heteroatoms. The van der Waals surface area contributed by atoms with Crippen LogP contribution in [0, 0.1) is 5.92 Å². The number of aliphatic hydroxyl groups excluding tert-OH is 2. The van der Waals surface area contributed by atoms with Gasteiger partial charge in [0.2, 0.25) is 0 Å². The Morgan fingerprint density at radius 1 is 1.33 bits per heavy atom. The van der Waals surface area contributed by atoms with Crippen molar-refractivity contribution in [3.05, 3.63) is 0 Å². The van der Waals surface area contributed by atoms with E-state index in [4.69, 9.17) is 22.8 Å². The van der Waals surface area contributed by atoms with E-state index in [9.17, 15) is 0 Å². The number of hydrogen-bond donors (Lipinski definition) is 2. The summed E-state index contributed by atoms with van der Waals surface area (Å²) in [6.45, 7) is 3.09. The quantitative estimate of drug-likeness (QED) is 0.530. The molecule has 0 aromatic rings. The van der Waals surface area contributed by atoms with E-state index < -0.39 is 0 Å². The maximum atomic E-state index is 8.88. The maximum Gasteiger partial charge on any atom is 0.0730 e. The first kappa shape index (κ1) is 11.9. The number of aliphatic hydroxyl groups is 2. The molecule has 0 heterocycles. The maximum absolute atomic E-state index is 8.88. The molecule has 0 bridgehead atoms. The highest BCUT2D eigenvalue weighted by molar-refractivity contribution is 6.11. The minimum atomic E-state index is -0.248. The lowest BCUT2D eigenvalue weighted by Gasteiger charge is -2.17. The van der Waals surface area contributed by atoms with Gasteiger partial charge < -0.3 is 14.9 Å². The van der Waals surface area contributed by atoms with Gasteiger partial charge in [0.1, 0.15) is 0 Å². The molecule has 0 spiro atoms. The van der Waals surface area contributed by atoms with Crippen LogP contribution < -0.4 is 0 Å². The van der Waals surface area contributed by atoms with Crippen molar-refractivity contribution in [2.45, 2.75) is 19.2 Å². The predicted molar refractivity (Wildman–Crippen MR) is 48.3 cm³/mol. The molecule has 2 atom stereocenters. The molecule has 0 aromatic carbocycles. The molecule has 2 radical (unpaired) electrons. The topological polar surface area (TPSA) is 49.7 Å². The zero-order valence-electron chi connectivity index (χ0n) is 7.57. The Morgan fingerprint density at radius 2 is 2.00 bits per heavy atom. The highest BCUT2D eigenvalue weighted by Gasteiger charge is 2.11. The lowest BCUT2D eigenvalue weighted by atomic mass is 9.81. The van der Waals surface area contributed by atoms with Crippen molar-refractivity contribution in [3.8, 4) is 0 Å². The van der Waals surface area contributed by atoms with Crippen LogP contribution >= 0.6 is 0 Å². The Bertz CT molecular complexity index is 100. The highest BCUT2D eigenvalue weighted by atomic mass is 16.5. The largest absolute Gasteiger partial charge is 0.397 e. The molecular formula is C8H17BO3. The molecule has 0 aliphatic rings. The van der Waals surface area contributed by atoms with Gasteiger partial charge in [-0.15, -0.1) is 0 Å². The first-order valence-electron chi connectivity index (χ1n) is 4.29. The fourth-order valence-electron chi connectivity index (χ4n) is 0.982. The summed E-state index contributed by atoms with van der Waals surface area (Å²) in [4.78, 5) is 0. The van der Waals surface area contributed by atoms with E-state index in [1.54, 1.807) is 0 Å². The third kappa shape index (κ3) is 5.58. The van der Waals surface area contributed by atoms with Gasteiger partial charge in [0.15, 0.2) is 0 Å². The molecule has 0 amide bonds. The Labute approximate surface area is 75.1 Å². The van der Waals surface area contributed by atoms with E-state index in [2.05, 4.69) is 0 Å². The summed E-state index contributed by atoms with van der Waals surface area (Å²) < 4.78 is 5.13. The van der Waals surface area contributed by atoms with Crippen molar-refractivity contribution in [1.29, 1.82) is 0 Å². The van der Waals surface area contributed by atoms with E-state index in [1.807, 2.05) is 6.92 Å². The number of hydrogen-bond acceptors (Lipinski definition) is 3. The van der Waals surface area contributed by atoms with Gasteiger partial charge >= 0.3 is 0 Å². The lowest BCUT2D eigenvalue weighted by molar-refractivity contribution is 0.0738. The van der Waals surface area contributed by atoms with Crippen LogP contribution in [0.3, 0.4) is 0 Å². The molecule has 0 unspecified atom stereocenters. The normalized spacial score (nSPS) is 15.9. The molecule has 70 valence electrons. The second-order valence-corrected chi connectivity index (χ2v) is 2.89. The molecule has 0 aliphatic carbocycles. The van der Waals surface area contributed by atoms with Crippen LogP contribution in [0.15, 0.2) is 0 Å². The van der Waals surface area contributed by atoms with Crippen LogP contribution in [0.2, 0.25) is 5.82 Å². The molecule has 0 aromatic heterocycles. The number of rotatable bonds is 7. The van der Waals surface area contributed by atoms with Gasteiger partial charge in [-0.2, -0.15) is 0 Å². The fraction of sp³-hybridized carbons (Fsp3) is 1.00. The van der Waals surface area contributed by atoms with Gasteiger partial charge in [-0.25, -0.2) is 0 Å². The van der Waals surface area contributed by atoms with Gasteiger partial charge in [-0.05, 0) is 13.3 Å². The summed E-state index contributed by atoms with van der Waals surface area (Å²) in [5, 5.41) is 17.5. The van der Waals surface area contributed by atoms with Crippen LogP contribution in [0.25, 0.3) is 0 Å². The van der Waals surface area contributed by atoms with E-state index in [0.29, 0.717) is 19.6 Å². The molecule has 3 nitrogen and oxygen atoms in total. The predicted octanol–water partition coefficient (Wildman–Crippen LogP) is -0.0292. The minimum absolute atomic E-state index is 0.0391. The zero-order valence-corrected chi connectivity index (χ0v) is 7.57. The van der Waals surface area contributed by atoms with Crippen LogP contribution in [0.4, 0.5) is 0 Å². The summed E-state index contributed by atoms with van der Waals surface area (Å²) in [7, 11) is 5.50. The minimum Gasteiger partial charge on any atom is -0.397 e. The summed E-state index contributed by atoms with van der Waals surface area (Å²) in [6, 6.07) is 0. The van der Waals surface area contributed by atoms with Gasteiger partial charge in [-0.1, -0.05) is 5.82 Å². The van der Waals surface area contributed by atoms with Crippen LogP contribution in [-0.2, 0) is 4.74 Å². The van der Waals surface area contributed by atoms with Crippen molar-refractivity contribution in [3.63, 3.8) is 0 Å². The Kier molecular flexibility index (Phi) is 7.55. The van der Waals surface area contributed by atoms with Gasteiger partial charge in [0.25, 0.3) is 0 Å². The Morgan fingerprint density at radius 3 is 2.42 bits per heavy atom. The van der Waals surface area contributed by atoms with Gasteiger partial charge in [0.05, 0.1) is 14.5 Å². The van der Waals surface area contributed by atoms with Crippen molar-refractivity contribution in [2.24, 2.45) is 5.92 Å². The third-order valence-electron chi connectivity index (χ3n) is 1.69. The summed E-state index contributed by atoms with van der Waals surface area (Å²) >= 11 is 0. The average Bonchev–Trinajstić information content (AvgIpc) is 2.11. The van der Waals surface area contributed by atoms with Crippen molar-refractivity contribution >= 4 is 7.85 Å². The molecule has 0 rings (SSSR count). The van der Waals surface area contributed by atoms with E-state index in [-0.39, 0.29) is 24.9 Å². The molecular weight excluding hydrogens is 155 g/mol. The zero-order chi connectivity index (χ0) is 9.40. The average molecular weight is 172 g/mol.